The fraction of sp³-hybridized carbons (Fsp3) is 0.923. The lowest BCUT2D eigenvalue weighted by atomic mass is 9.92. The van der Waals surface area contributed by atoms with Crippen LogP contribution in [0.4, 0.5) is 0 Å². The Kier molecular flexibility index (Phi) is 3.53. The van der Waals surface area contributed by atoms with Gasteiger partial charge in [0, 0.05) is 19.1 Å². The van der Waals surface area contributed by atoms with Gasteiger partial charge in [0.25, 0.3) is 0 Å². The van der Waals surface area contributed by atoms with Crippen LogP contribution in [0.3, 0.4) is 0 Å². The first kappa shape index (κ1) is 11.9. The van der Waals surface area contributed by atoms with E-state index in [1.807, 2.05) is 0 Å². The van der Waals surface area contributed by atoms with E-state index in [9.17, 15) is 4.79 Å². The van der Waals surface area contributed by atoms with E-state index < -0.39 is 0 Å². The predicted molar refractivity (Wildman–Crippen MR) is 65.0 cm³/mol. The number of hydrogen-bond donors (Lipinski definition) is 1. The van der Waals surface area contributed by atoms with E-state index in [1.54, 1.807) is 0 Å². The Morgan fingerprint density at radius 3 is 2.38 bits per heavy atom. The molecule has 1 amide bonds. The molecule has 0 bridgehead atoms. The Labute approximate surface area is 98.4 Å². The molecule has 0 aromatic heterocycles. The fourth-order valence-corrected chi connectivity index (χ4v) is 2.92. The van der Waals surface area contributed by atoms with Gasteiger partial charge in [-0.1, -0.05) is 19.3 Å². The van der Waals surface area contributed by atoms with Crippen LogP contribution < -0.4 is 5.73 Å². The minimum atomic E-state index is -0.159. The number of carbonyl (C=O) groups excluding carboxylic acids is 1. The van der Waals surface area contributed by atoms with Crippen molar-refractivity contribution in [3.63, 3.8) is 0 Å². The van der Waals surface area contributed by atoms with Crippen molar-refractivity contribution in [3.05, 3.63) is 0 Å². The fourth-order valence-electron chi connectivity index (χ4n) is 2.92. The monoisotopic (exact) mass is 224 g/mol. The van der Waals surface area contributed by atoms with Crippen LogP contribution in [0.2, 0.25) is 0 Å². The SMILES string of the molecule is CCN(C(=O)C1(CN)CC1)C1CCCCC1. The summed E-state index contributed by atoms with van der Waals surface area (Å²) in [5.74, 6) is 0.337. The molecule has 0 aliphatic heterocycles. The Hall–Kier alpha value is -0.570. The van der Waals surface area contributed by atoms with Gasteiger partial charge in [-0.25, -0.2) is 0 Å². The quantitative estimate of drug-likeness (QED) is 0.793. The molecule has 2 saturated carbocycles. The molecule has 0 aromatic rings. The Morgan fingerprint density at radius 1 is 1.31 bits per heavy atom. The lowest BCUT2D eigenvalue weighted by molar-refractivity contribution is -0.139. The van der Waals surface area contributed by atoms with Crippen molar-refractivity contribution in [2.24, 2.45) is 11.1 Å². The normalized spacial score (nSPS) is 24.1. The van der Waals surface area contributed by atoms with Crippen molar-refractivity contribution in [2.45, 2.75) is 57.9 Å². The predicted octanol–water partition coefficient (Wildman–Crippen LogP) is 1.91. The van der Waals surface area contributed by atoms with E-state index in [-0.39, 0.29) is 5.41 Å². The summed E-state index contributed by atoms with van der Waals surface area (Å²) in [6, 6.07) is 0.496. The highest BCUT2D eigenvalue weighted by atomic mass is 16.2. The van der Waals surface area contributed by atoms with E-state index in [0.29, 0.717) is 18.5 Å². The number of carbonyl (C=O) groups is 1. The summed E-state index contributed by atoms with van der Waals surface area (Å²) in [5, 5.41) is 0. The molecule has 0 spiro atoms. The Morgan fingerprint density at radius 2 is 1.94 bits per heavy atom. The Balaban J connectivity index is 2.01. The standard InChI is InChI=1S/C13H24N2O/c1-2-15(11-6-4-3-5-7-11)12(16)13(10-14)8-9-13/h11H,2-10,14H2,1H3. The maximum atomic E-state index is 12.4. The van der Waals surface area contributed by atoms with Crippen molar-refractivity contribution >= 4 is 5.91 Å². The molecule has 0 heterocycles. The molecule has 2 aliphatic carbocycles. The number of nitrogens with two attached hydrogens (primary N) is 1. The second kappa shape index (κ2) is 4.74. The van der Waals surface area contributed by atoms with Crippen LogP contribution in [0.15, 0.2) is 0 Å². The van der Waals surface area contributed by atoms with Crippen LogP contribution in [-0.4, -0.2) is 29.9 Å². The first-order valence-electron chi connectivity index (χ1n) is 6.74. The summed E-state index contributed by atoms with van der Waals surface area (Å²) in [6.45, 7) is 3.49. The molecule has 0 radical (unpaired) electrons. The van der Waals surface area contributed by atoms with Crippen molar-refractivity contribution in [1.29, 1.82) is 0 Å². The molecule has 0 saturated heterocycles. The zero-order chi connectivity index (χ0) is 11.6. The number of rotatable bonds is 4. The van der Waals surface area contributed by atoms with E-state index in [2.05, 4.69) is 11.8 Å². The van der Waals surface area contributed by atoms with Gasteiger partial charge >= 0.3 is 0 Å². The van der Waals surface area contributed by atoms with E-state index >= 15 is 0 Å². The van der Waals surface area contributed by atoms with Crippen LogP contribution in [0.1, 0.15) is 51.9 Å². The molecule has 0 atom stereocenters. The van der Waals surface area contributed by atoms with Gasteiger partial charge in [-0.15, -0.1) is 0 Å². The van der Waals surface area contributed by atoms with Gasteiger partial charge in [0.1, 0.15) is 0 Å². The molecular weight excluding hydrogens is 200 g/mol. The average Bonchev–Trinajstić information content (AvgIpc) is 3.12. The average molecular weight is 224 g/mol. The second-order valence-corrected chi connectivity index (χ2v) is 5.37. The van der Waals surface area contributed by atoms with Crippen LogP contribution in [0, 0.1) is 5.41 Å². The highest BCUT2D eigenvalue weighted by molar-refractivity contribution is 5.86. The highest BCUT2D eigenvalue weighted by Gasteiger charge is 2.51. The van der Waals surface area contributed by atoms with Crippen molar-refractivity contribution < 1.29 is 4.79 Å². The van der Waals surface area contributed by atoms with Crippen LogP contribution in [-0.2, 0) is 4.79 Å². The largest absolute Gasteiger partial charge is 0.339 e. The maximum absolute atomic E-state index is 12.4. The zero-order valence-corrected chi connectivity index (χ0v) is 10.4. The number of nitrogens with zero attached hydrogens (tertiary/aromatic N) is 1. The maximum Gasteiger partial charge on any atom is 0.230 e. The zero-order valence-electron chi connectivity index (χ0n) is 10.4. The van der Waals surface area contributed by atoms with E-state index in [1.165, 1.54) is 32.1 Å². The highest BCUT2D eigenvalue weighted by Crippen LogP contribution is 2.46. The van der Waals surface area contributed by atoms with E-state index in [0.717, 1.165) is 19.4 Å². The van der Waals surface area contributed by atoms with Crippen molar-refractivity contribution in [2.75, 3.05) is 13.1 Å². The first-order chi connectivity index (χ1) is 7.73. The molecule has 3 nitrogen and oxygen atoms in total. The van der Waals surface area contributed by atoms with Gasteiger partial charge in [0.15, 0.2) is 0 Å². The summed E-state index contributed by atoms with van der Waals surface area (Å²) in [7, 11) is 0. The third kappa shape index (κ3) is 2.10. The van der Waals surface area contributed by atoms with Gasteiger partial charge in [-0.3, -0.25) is 4.79 Å². The molecule has 92 valence electrons. The summed E-state index contributed by atoms with van der Waals surface area (Å²) < 4.78 is 0. The van der Waals surface area contributed by atoms with Gasteiger partial charge in [0.05, 0.1) is 5.41 Å². The van der Waals surface area contributed by atoms with E-state index in [4.69, 9.17) is 5.73 Å². The Bertz CT molecular complexity index is 255. The molecule has 0 unspecified atom stereocenters. The van der Waals surface area contributed by atoms with Crippen LogP contribution in [0.25, 0.3) is 0 Å². The van der Waals surface area contributed by atoms with Crippen molar-refractivity contribution in [1.82, 2.24) is 4.90 Å². The molecule has 0 aromatic carbocycles. The molecule has 2 rings (SSSR count). The van der Waals surface area contributed by atoms with Gasteiger partial charge < -0.3 is 10.6 Å². The third-order valence-corrected chi connectivity index (χ3v) is 4.31. The van der Waals surface area contributed by atoms with Crippen molar-refractivity contribution in [3.8, 4) is 0 Å². The smallest absolute Gasteiger partial charge is 0.230 e. The minimum absolute atomic E-state index is 0.159. The topological polar surface area (TPSA) is 46.3 Å². The minimum Gasteiger partial charge on any atom is -0.339 e. The molecule has 2 fully saturated rings. The van der Waals surface area contributed by atoms with Crippen LogP contribution >= 0.6 is 0 Å². The number of amides is 1. The summed E-state index contributed by atoms with van der Waals surface area (Å²) in [6.07, 6.45) is 8.30. The van der Waals surface area contributed by atoms with Crippen LogP contribution in [0.5, 0.6) is 0 Å². The summed E-state index contributed by atoms with van der Waals surface area (Å²) in [5.41, 5.74) is 5.58. The van der Waals surface area contributed by atoms with Gasteiger partial charge in [0.2, 0.25) is 5.91 Å². The van der Waals surface area contributed by atoms with Gasteiger partial charge in [-0.2, -0.15) is 0 Å². The molecule has 2 N–H and O–H groups in total. The molecule has 2 aliphatic rings. The second-order valence-electron chi connectivity index (χ2n) is 5.37. The van der Waals surface area contributed by atoms with Gasteiger partial charge in [-0.05, 0) is 32.6 Å². The molecule has 16 heavy (non-hydrogen) atoms. The lowest BCUT2D eigenvalue weighted by Gasteiger charge is -2.35. The third-order valence-electron chi connectivity index (χ3n) is 4.31. The molecular formula is C13H24N2O. The first-order valence-corrected chi connectivity index (χ1v) is 6.74. The lowest BCUT2D eigenvalue weighted by Crippen LogP contribution is -2.46. The summed E-state index contributed by atoms with van der Waals surface area (Å²) >= 11 is 0. The molecule has 3 heteroatoms. The summed E-state index contributed by atoms with van der Waals surface area (Å²) in [4.78, 5) is 14.5. The number of hydrogen-bond acceptors (Lipinski definition) is 2.